The van der Waals surface area contributed by atoms with E-state index >= 15 is 0 Å². The van der Waals surface area contributed by atoms with Crippen molar-refractivity contribution in [2.45, 2.75) is 38.4 Å². The van der Waals surface area contributed by atoms with Crippen LogP contribution < -0.4 is 10.6 Å². The molecule has 1 saturated heterocycles. The number of carbonyl (C=O) groups is 3. The van der Waals surface area contributed by atoms with Gasteiger partial charge < -0.3 is 15.5 Å². The smallest absolute Gasteiger partial charge is 0.253 e. The van der Waals surface area contributed by atoms with Gasteiger partial charge in [-0.1, -0.05) is 66.7 Å². The van der Waals surface area contributed by atoms with E-state index in [2.05, 4.69) is 22.8 Å². The van der Waals surface area contributed by atoms with Gasteiger partial charge in [0.25, 0.3) is 5.91 Å². The van der Waals surface area contributed by atoms with Crippen molar-refractivity contribution >= 4 is 23.4 Å². The van der Waals surface area contributed by atoms with Crippen molar-refractivity contribution in [2.24, 2.45) is 0 Å². The van der Waals surface area contributed by atoms with Crippen LogP contribution in [0.4, 0.5) is 5.69 Å². The highest BCUT2D eigenvalue weighted by molar-refractivity contribution is 6.04. The Morgan fingerprint density at radius 2 is 1.49 bits per heavy atom. The van der Waals surface area contributed by atoms with Crippen LogP contribution in [-0.2, 0) is 29.1 Å². The highest BCUT2D eigenvalue weighted by Gasteiger charge is 2.35. The van der Waals surface area contributed by atoms with Crippen LogP contribution in [0.1, 0.15) is 39.9 Å². The number of likely N-dealkylation sites (tertiary alicyclic amines) is 1. The number of benzene rings is 3. The first kappa shape index (κ1) is 24.7. The molecule has 1 unspecified atom stereocenters. The summed E-state index contributed by atoms with van der Waals surface area (Å²) >= 11 is 0. The number of rotatable bonds is 7. The number of amides is 3. The predicted octanol–water partition coefficient (Wildman–Crippen LogP) is 3.60. The zero-order valence-electron chi connectivity index (χ0n) is 20.9. The first-order chi connectivity index (χ1) is 18.1. The summed E-state index contributed by atoms with van der Waals surface area (Å²) in [6.45, 7) is 2.56. The summed E-state index contributed by atoms with van der Waals surface area (Å²) in [7, 11) is 0. The third-order valence-corrected chi connectivity index (χ3v) is 7.14. The van der Waals surface area contributed by atoms with E-state index in [0.29, 0.717) is 30.8 Å². The van der Waals surface area contributed by atoms with Gasteiger partial charge in [-0.2, -0.15) is 0 Å². The molecule has 3 amide bonds. The molecule has 2 heterocycles. The average Bonchev–Trinajstić information content (AvgIpc) is 3.47. The molecule has 0 bridgehead atoms. The molecule has 3 aromatic rings. The predicted molar refractivity (Wildman–Crippen MR) is 143 cm³/mol. The fraction of sp³-hybridized carbons (Fsp3) is 0.300. The summed E-state index contributed by atoms with van der Waals surface area (Å²) in [4.78, 5) is 43.4. The monoisotopic (exact) mass is 496 g/mol. The molecule has 0 aliphatic carbocycles. The number of carbonyl (C=O) groups excluding carboxylic acids is 3. The van der Waals surface area contributed by atoms with Crippen LogP contribution in [0.25, 0.3) is 0 Å². The number of fused-ring (bicyclic) bond motifs is 1. The fourth-order valence-corrected chi connectivity index (χ4v) is 5.17. The molecular weight excluding hydrogens is 464 g/mol. The molecule has 2 aliphatic heterocycles. The molecule has 0 saturated carbocycles. The quantitative estimate of drug-likeness (QED) is 0.524. The lowest BCUT2D eigenvalue weighted by atomic mass is 9.93. The second-order valence-corrected chi connectivity index (χ2v) is 9.69. The molecule has 2 aliphatic rings. The highest BCUT2D eigenvalue weighted by atomic mass is 16.2. The van der Waals surface area contributed by atoms with Crippen LogP contribution in [0.15, 0.2) is 78.9 Å². The Kier molecular flexibility index (Phi) is 7.61. The molecule has 1 atom stereocenters. The standard InChI is InChI=1S/C30H32N4O3/c35-28(32-26-15-7-6-14-25(26)29(36)31-19-22-10-2-1-3-11-22)21-34-20-24-13-5-4-12-23(24)18-27(34)30(37)33-16-8-9-17-33/h1-7,10-15,27H,8-9,16-21H2,(H,31,36)(H,32,35). The van der Waals surface area contributed by atoms with Crippen molar-refractivity contribution in [2.75, 3.05) is 25.0 Å². The van der Waals surface area contributed by atoms with Gasteiger partial charge in [0.15, 0.2) is 0 Å². The Morgan fingerprint density at radius 3 is 2.27 bits per heavy atom. The van der Waals surface area contributed by atoms with Gasteiger partial charge in [-0.05, 0) is 48.1 Å². The summed E-state index contributed by atoms with van der Waals surface area (Å²) in [6, 6.07) is 24.4. The number of nitrogens with zero attached hydrogens (tertiary/aromatic N) is 2. The number of hydrogen-bond donors (Lipinski definition) is 2. The van der Waals surface area contributed by atoms with Crippen LogP contribution in [-0.4, -0.2) is 53.2 Å². The maximum atomic E-state index is 13.4. The van der Waals surface area contributed by atoms with E-state index in [0.717, 1.165) is 42.6 Å². The third kappa shape index (κ3) is 5.89. The molecule has 0 spiro atoms. The largest absolute Gasteiger partial charge is 0.348 e. The zero-order valence-corrected chi connectivity index (χ0v) is 20.9. The maximum Gasteiger partial charge on any atom is 0.253 e. The van der Waals surface area contributed by atoms with Gasteiger partial charge >= 0.3 is 0 Å². The lowest BCUT2D eigenvalue weighted by Gasteiger charge is -2.37. The Bertz CT molecular complexity index is 1270. The van der Waals surface area contributed by atoms with Gasteiger partial charge in [-0.25, -0.2) is 0 Å². The molecule has 5 rings (SSSR count). The molecule has 7 heteroatoms. The first-order valence-corrected chi connectivity index (χ1v) is 12.9. The molecule has 1 fully saturated rings. The molecule has 0 radical (unpaired) electrons. The lowest BCUT2D eigenvalue weighted by molar-refractivity contribution is -0.137. The fourth-order valence-electron chi connectivity index (χ4n) is 5.17. The summed E-state index contributed by atoms with van der Waals surface area (Å²) in [5.41, 5.74) is 4.16. The van der Waals surface area contributed by atoms with Crippen molar-refractivity contribution in [1.82, 2.24) is 15.1 Å². The van der Waals surface area contributed by atoms with Crippen molar-refractivity contribution in [3.8, 4) is 0 Å². The van der Waals surface area contributed by atoms with E-state index in [1.54, 1.807) is 24.3 Å². The van der Waals surface area contributed by atoms with E-state index in [9.17, 15) is 14.4 Å². The number of para-hydroxylation sites is 1. The van der Waals surface area contributed by atoms with E-state index < -0.39 is 0 Å². The van der Waals surface area contributed by atoms with Crippen molar-refractivity contribution in [3.05, 3.63) is 101 Å². The normalized spacial score (nSPS) is 17.2. The van der Waals surface area contributed by atoms with E-state index in [1.165, 1.54) is 0 Å². The Hall–Kier alpha value is -3.97. The van der Waals surface area contributed by atoms with Gasteiger partial charge in [0.05, 0.1) is 23.8 Å². The second-order valence-electron chi connectivity index (χ2n) is 9.69. The number of hydrogen-bond acceptors (Lipinski definition) is 4. The number of anilines is 1. The summed E-state index contributed by atoms with van der Waals surface area (Å²) in [6.07, 6.45) is 2.65. The van der Waals surface area contributed by atoms with Crippen molar-refractivity contribution in [3.63, 3.8) is 0 Å². The van der Waals surface area contributed by atoms with Crippen LogP contribution in [0, 0.1) is 0 Å². The van der Waals surface area contributed by atoms with Gasteiger partial charge in [-0.3, -0.25) is 19.3 Å². The first-order valence-electron chi connectivity index (χ1n) is 12.9. The van der Waals surface area contributed by atoms with E-state index in [-0.39, 0.29) is 30.3 Å². The molecule has 7 nitrogen and oxygen atoms in total. The van der Waals surface area contributed by atoms with Gasteiger partial charge in [-0.15, -0.1) is 0 Å². The van der Waals surface area contributed by atoms with Gasteiger partial charge in [0, 0.05) is 26.2 Å². The summed E-state index contributed by atoms with van der Waals surface area (Å²) in [5.74, 6) is -0.406. The Labute approximate surface area is 217 Å². The van der Waals surface area contributed by atoms with Crippen LogP contribution in [0.2, 0.25) is 0 Å². The van der Waals surface area contributed by atoms with Crippen LogP contribution >= 0.6 is 0 Å². The molecule has 37 heavy (non-hydrogen) atoms. The summed E-state index contributed by atoms with van der Waals surface area (Å²) < 4.78 is 0. The third-order valence-electron chi connectivity index (χ3n) is 7.14. The van der Waals surface area contributed by atoms with Crippen LogP contribution in [0.3, 0.4) is 0 Å². The number of nitrogens with one attached hydrogen (secondary N) is 2. The van der Waals surface area contributed by atoms with Gasteiger partial charge in [0.2, 0.25) is 11.8 Å². The highest BCUT2D eigenvalue weighted by Crippen LogP contribution is 2.26. The average molecular weight is 497 g/mol. The molecule has 190 valence electrons. The topological polar surface area (TPSA) is 81.8 Å². The van der Waals surface area contributed by atoms with E-state index in [1.807, 2.05) is 52.3 Å². The van der Waals surface area contributed by atoms with Crippen LogP contribution in [0.5, 0.6) is 0 Å². The summed E-state index contributed by atoms with van der Waals surface area (Å²) in [5, 5.41) is 5.85. The Morgan fingerprint density at radius 1 is 0.811 bits per heavy atom. The molecule has 2 N–H and O–H groups in total. The van der Waals surface area contributed by atoms with Gasteiger partial charge in [0.1, 0.15) is 0 Å². The minimum atomic E-state index is -0.372. The lowest BCUT2D eigenvalue weighted by Crippen LogP contribution is -2.53. The Balaban J connectivity index is 1.28. The van der Waals surface area contributed by atoms with E-state index in [4.69, 9.17) is 0 Å². The minimum Gasteiger partial charge on any atom is -0.348 e. The minimum absolute atomic E-state index is 0.0680. The zero-order chi connectivity index (χ0) is 25.6. The molecule has 3 aromatic carbocycles. The van der Waals surface area contributed by atoms with Crippen molar-refractivity contribution in [1.29, 1.82) is 0 Å². The SMILES string of the molecule is O=C(CN1Cc2ccccc2CC1C(=O)N1CCCC1)Nc1ccccc1C(=O)NCc1ccccc1. The second kappa shape index (κ2) is 11.4. The van der Waals surface area contributed by atoms with Crippen molar-refractivity contribution < 1.29 is 14.4 Å². The molecular formula is C30H32N4O3. The maximum absolute atomic E-state index is 13.4. The molecule has 0 aromatic heterocycles.